The molecule has 0 amide bonds. The van der Waals surface area contributed by atoms with Crippen LogP contribution in [0, 0.1) is 6.92 Å². The molecule has 2 N–H and O–H groups in total. The maximum atomic E-state index is 11.0. The van der Waals surface area contributed by atoms with Crippen LogP contribution in [0.5, 0.6) is 0 Å². The lowest BCUT2D eigenvalue weighted by molar-refractivity contribution is -0.136. The van der Waals surface area contributed by atoms with E-state index in [1.54, 1.807) is 6.20 Å². The maximum absolute atomic E-state index is 11.0. The van der Waals surface area contributed by atoms with Crippen molar-refractivity contribution in [3.05, 3.63) is 48.0 Å². The van der Waals surface area contributed by atoms with Gasteiger partial charge < -0.3 is 10.1 Å². The average Bonchev–Trinajstić information content (AvgIpc) is 2.75. The molecule has 1 aromatic carbocycles. The van der Waals surface area contributed by atoms with Gasteiger partial charge in [-0.2, -0.15) is 0 Å². The fourth-order valence-corrected chi connectivity index (χ4v) is 2.43. The third-order valence-corrected chi connectivity index (χ3v) is 3.22. The van der Waals surface area contributed by atoms with Gasteiger partial charge in [-0.15, -0.1) is 0 Å². The number of nitrogens with one attached hydrogen (secondary N) is 1. The molecule has 0 saturated carbocycles. The van der Waals surface area contributed by atoms with Crippen LogP contribution in [0.25, 0.3) is 22.2 Å². The number of carboxylic acid groups (broad SMARTS) is 1. The minimum absolute atomic E-state index is 0.137. The molecule has 0 aliphatic heterocycles. The van der Waals surface area contributed by atoms with Gasteiger partial charge in [0.2, 0.25) is 0 Å². The summed E-state index contributed by atoms with van der Waals surface area (Å²) in [6, 6.07) is 7.88. The minimum Gasteiger partial charge on any atom is -0.481 e. The number of benzene rings is 1. The number of aryl methyl sites for hydroxylation is 1. The van der Waals surface area contributed by atoms with Crippen molar-refractivity contribution in [2.45, 2.75) is 13.3 Å². The lowest BCUT2D eigenvalue weighted by Crippen LogP contribution is -2.05. The van der Waals surface area contributed by atoms with Crippen LogP contribution in [-0.2, 0) is 11.2 Å². The molecule has 5 nitrogen and oxygen atoms in total. The van der Waals surface area contributed by atoms with Crippen LogP contribution in [0.3, 0.4) is 0 Å². The Balaban J connectivity index is 2.26. The molecule has 0 spiro atoms. The summed E-state index contributed by atoms with van der Waals surface area (Å²) in [6.45, 7) is 1.95. The molecule has 0 bridgehead atoms. The second kappa shape index (κ2) is 4.77. The number of fused-ring (bicyclic) bond motifs is 1. The summed E-state index contributed by atoms with van der Waals surface area (Å²) in [5, 5.41) is 10.0. The van der Waals surface area contributed by atoms with Crippen molar-refractivity contribution in [3.8, 4) is 11.3 Å². The first-order valence-electron chi connectivity index (χ1n) is 6.26. The molecule has 0 aliphatic rings. The molecular formula is C15H13N3O2. The highest BCUT2D eigenvalue weighted by Crippen LogP contribution is 2.32. The van der Waals surface area contributed by atoms with Gasteiger partial charge in [-0.3, -0.25) is 14.8 Å². The number of aliphatic carboxylic acids is 1. The third-order valence-electron chi connectivity index (χ3n) is 3.22. The molecule has 0 aliphatic carbocycles. The number of aromatic nitrogens is 3. The fourth-order valence-electron chi connectivity index (χ4n) is 2.43. The molecule has 3 rings (SSSR count). The standard InChI is InChI=1S/C15H13N3O2/c1-9-14(10-4-2-3-5-11(10)18-9)15-12(8-13(19)20)16-6-7-17-15/h2-7,18H,8H2,1H3,(H,19,20). The zero-order valence-electron chi connectivity index (χ0n) is 10.9. The van der Waals surface area contributed by atoms with Crippen molar-refractivity contribution < 1.29 is 9.90 Å². The molecule has 0 fully saturated rings. The van der Waals surface area contributed by atoms with Crippen LogP contribution < -0.4 is 0 Å². The Morgan fingerprint density at radius 1 is 1.25 bits per heavy atom. The number of rotatable bonds is 3. The van der Waals surface area contributed by atoms with E-state index in [0.29, 0.717) is 11.4 Å². The molecule has 3 aromatic rings. The van der Waals surface area contributed by atoms with E-state index in [-0.39, 0.29) is 6.42 Å². The van der Waals surface area contributed by atoms with E-state index in [4.69, 9.17) is 5.11 Å². The van der Waals surface area contributed by atoms with Crippen molar-refractivity contribution in [1.82, 2.24) is 15.0 Å². The lowest BCUT2D eigenvalue weighted by atomic mass is 10.0. The van der Waals surface area contributed by atoms with Crippen LogP contribution in [0.4, 0.5) is 0 Å². The van der Waals surface area contributed by atoms with E-state index in [9.17, 15) is 4.79 Å². The SMILES string of the molecule is Cc1[nH]c2ccccc2c1-c1nccnc1CC(=O)O. The van der Waals surface area contributed by atoms with E-state index >= 15 is 0 Å². The number of hydrogen-bond acceptors (Lipinski definition) is 3. The van der Waals surface area contributed by atoms with Crippen LogP contribution in [-0.4, -0.2) is 26.0 Å². The Kier molecular flexibility index (Phi) is 2.95. The molecule has 0 unspecified atom stereocenters. The van der Waals surface area contributed by atoms with Gasteiger partial charge in [-0.25, -0.2) is 0 Å². The molecule has 0 saturated heterocycles. The van der Waals surface area contributed by atoms with Crippen molar-refractivity contribution >= 4 is 16.9 Å². The summed E-state index contributed by atoms with van der Waals surface area (Å²) in [5.74, 6) is -0.913. The predicted molar refractivity (Wildman–Crippen MR) is 75.4 cm³/mol. The fraction of sp³-hybridized carbons (Fsp3) is 0.133. The molecule has 2 aromatic heterocycles. The molecule has 100 valence electrons. The van der Waals surface area contributed by atoms with Crippen LogP contribution in [0.15, 0.2) is 36.7 Å². The van der Waals surface area contributed by atoms with Gasteiger partial charge in [0.25, 0.3) is 0 Å². The molecule has 20 heavy (non-hydrogen) atoms. The van der Waals surface area contributed by atoms with Crippen LogP contribution in [0.2, 0.25) is 0 Å². The molecular weight excluding hydrogens is 254 g/mol. The quantitative estimate of drug-likeness (QED) is 0.764. The second-order valence-electron chi connectivity index (χ2n) is 4.59. The first-order chi connectivity index (χ1) is 9.66. The van der Waals surface area contributed by atoms with Crippen molar-refractivity contribution in [3.63, 3.8) is 0 Å². The van der Waals surface area contributed by atoms with Crippen molar-refractivity contribution in [1.29, 1.82) is 0 Å². The Morgan fingerprint density at radius 2 is 2.00 bits per heavy atom. The summed E-state index contributed by atoms with van der Waals surface area (Å²) in [7, 11) is 0. The van der Waals surface area contributed by atoms with E-state index < -0.39 is 5.97 Å². The van der Waals surface area contributed by atoms with Gasteiger partial charge >= 0.3 is 5.97 Å². The number of para-hydroxylation sites is 1. The van der Waals surface area contributed by atoms with E-state index in [1.165, 1.54) is 6.20 Å². The maximum Gasteiger partial charge on any atom is 0.309 e. The first-order valence-corrected chi connectivity index (χ1v) is 6.26. The van der Waals surface area contributed by atoms with E-state index in [2.05, 4.69) is 15.0 Å². The second-order valence-corrected chi connectivity index (χ2v) is 4.59. The summed E-state index contributed by atoms with van der Waals surface area (Å²) in [5.41, 5.74) is 3.99. The third kappa shape index (κ3) is 2.03. The Bertz CT molecular complexity index is 793. The molecule has 2 heterocycles. The highest BCUT2D eigenvalue weighted by atomic mass is 16.4. The topological polar surface area (TPSA) is 78.9 Å². The smallest absolute Gasteiger partial charge is 0.309 e. The molecule has 5 heteroatoms. The minimum atomic E-state index is -0.913. The van der Waals surface area contributed by atoms with E-state index in [1.807, 2.05) is 31.2 Å². The number of aromatic amines is 1. The van der Waals surface area contributed by atoms with Gasteiger partial charge in [-0.1, -0.05) is 18.2 Å². The van der Waals surface area contributed by atoms with Gasteiger partial charge in [0.1, 0.15) is 0 Å². The summed E-state index contributed by atoms with van der Waals surface area (Å²) in [6.07, 6.45) is 2.97. The van der Waals surface area contributed by atoms with Gasteiger partial charge in [-0.05, 0) is 13.0 Å². The summed E-state index contributed by atoms with van der Waals surface area (Å²) >= 11 is 0. The zero-order valence-corrected chi connectivity index (χ0v) is 10.9. The van der Waals surface area contributed by atoms with Gasteiger partial charge in [0.15, 0.2) is 0 Å². The van der Waals surface area contributed by atoms with Crippen molar-refractivity contribution in [2.24, 2.45) is 0 Å². The van der Waals surface area contributed by atoms with E-state index in [0.717, 1.165) is 22.2 Å². The van der Waals surface area contributed by atoms with Crippen LogP contribution in [0.1, 0.15) is 11.4 Å². The normalized spacial score (nSPS) is 10.8. The number of hydrogen-bond donors (Lipinski definition) is 2. The average molecular weight is 267 g/mol. The summed E-state index contributed by atoms with van der Waals surface area (Å²) < 4.78 is 0. The molecule has 0 radical (unpaired) electrons. The highest BCUT2D eigenvalue weighted by molar-refractivity contribution is 5.97. The zero-order chi connectivity index (χ0) is 14.1. The Labute approximate surface area is 115 Å². The molecule has 0 atom stereocenters. The lowest BCUT2D eigenvalue weighted by Gasteiger charge is -2.06. The predicted octanol–water partition coefficient (Wildman–Crippen LogP) is 2.56. The summed E-state index contributed by atoms with van der Waals surface area (Å²) in [4.78, 5) is 22.8. The largest absolute Gasteiger partial charge is 0.481 e. The Morgan fingerprint density at radius 3 is 2.80 bits per heavy atom. The number of carbonyl (C=O) groups is 1. The first kappa shape index (κ1) is 12.3. The van der Waals surface area contributed by atoms with Crippen molar-refractivity contribution in [2.75, 3.05) is 0 Å². The number of carboxylic acids is 1. The Hall–Kier alpha value is -2.69. The highest BCUT2D eigenvalue weighted by Gasteiger charge is 2.17. The number of H-pyrrole nitrogens is 1. The van der Waals surface area contributed by atoms with Gasteiger partial charge in [0.05, 0.1) is 17.8 Å². The van der Waals surface area contributed by atoms with Gasteiger partial charge in [0, 0.05) is 34.6 Å². The number of nitrogens with zero attached hydrogens (tertiary/aromatic N) is 2. The monoisotopic (exact) mass is 267 g/mol. The van der Waals surface area contributed by atoms with Crippen LogP contribution >= 0.6 is 0 Å².